The van der Waals surface area contributed by atoms with Gasteiger partial charge in [-0.25, -0.2) is 15.0 Å². The van der Waals surface area contributed by atoms with E-state index in [4.69, 9.17) is 24.9 Å². The van der Waals surface area contributed by atoms with Crippen molar-refractivity contribution in [1.29, 1.82) is 5.26 Å². The second kappa shape index (κ2) is 15.2. The van der Waals surface area contributed by atoms with Crippen molar-refractivity contribution in [2.75, 3.05) is 0 Å². The van der Waals surface area contributed by atoms with Crippen molar-refractivity contribution in [3.8, 4) is 50.6 Å². The van der Waals surface area contributed by atoms with E-state index in [1.165, 1.54) is 0 Å². The summed E-state index contributed by atoms with van der Waals surface area (Å²) < 4.78 is 0. The van der Waals surface area contributed by atoms with Crippen molar-refractivity contribution in [2.45, 2.75) is 0 Å². The zero-order valence-corrected chi connectivity index (χ0v) is 32.8. The Balaban J connectivity index is 0.00000433. The van der Waals surface area contributed by atoms with Crippen molar-refractivity contribution in [3.05, 3.63) is 198 Å². The molecule has 0 saturated carbocycles. The van der Waals surface area contributed by atoms with E-state index < -0.39 is 0 Å². The minimum atomic E-state index is 0. The molecule has 6 heterocycles. The van der Waals surface area contributed by atoms with Gasteiger partial charge in [0.25, 0.3) is 0 Å². The summed E-state index contributed by atoms with van der Waals surface area (Å²) in [5, 5.41) is 9.71. The average molecular weight is 813 g/mol. The van der Waals surface area contributed by atoms with E-state index in [0.717, 1.165) is 94.7 Å². The number of nitriles is 1. The van der Waals surface area contributed by atoms with Crippen LogP contribution in [0.1, 0.15) is 34.2 Å². The number of rotatable bonds is 5. The summed E-state index contributed by atoms with van der Waals surface area (Å²) in [4.78, 5) is 30.4. The van der Waals surface area contributed by atoms with Crippen molar-refractivity contribution in [1.82, 2.24) is 29.9 Å². The van der Waals surface area contributed by atoms with Crippen LogP contribution in [-0.2, 0) is 16.5 Å². The maximum atomic E-state index is 9.71. The minimum Gasteiger partial charge on any atom is -0.657 e. The summed E-state index contributed by atoms with van der Waals surface area (Å²) in [6.07, 6.45) is 6.28. The van der Waals surface area contributed by atoms with Crippen LogP contribution >= 0.6 is 0 Å². The molecular formula is C52H31N7Ni. The molecule has 1 N–H and O–H groups in total. The smallest absolute Gasteiger partial charge is 0.657 e. The number of imidazole rings is 1. The molecule has 0 atom stereocenters. The van der Waals surface area contributed by atoms with Crippen LogP contribution in [0.2, 0.25) is 0 Å². The van der Waals surface area contributed by atoms with E-state index in [0.29, 0.717) is 22.6 Å². The fraction of sp³-hybridized carbons (Fsp3) is 0. The molecule has 0 spiro atoms. The summed E-state index contributed by atoms with van der Waals surface area (Å²) >= 11 is 0. The number of aromatic amines is 1. The zero-order chi connectivity index (χ0) is 39.3. The molecule has 9 aromatic rings. The Kier molecular flexibility index (Phi) is 9.21. The first kappa shape index (κ1) is 36.5. The van der Waals surface area contributed by atoms with Crippen LogP contribution in [0.25, 0.3) is 101 Å². The molecule has 0 aliphatic carbocycles. The predicted octanol–water partition coefficient (Wildman–Crippen LogP) is 11.7. The van der Waals surface area contributed by atoms with Gasteiger partial charge >= 0.3 is 16.5 Å². The quantitative estimate of drug-likeness (QED) is 0.173. The van der Waals surface area contributed by atoms with Crippen LogP contribution in [-0.4, -0.2) is 19.9 Å². The molecule has 284 valence electrons. The molecular weight excluding hydrogens is 781 g/mol. The second-order valence-corrected chi connectivity index (χ2v) is 14.4. The monoisotopic (exact) mass is 811 g/mol. The third-order valence-corrected chi connectivity index (χ3v) is 10.8. The molecule has 0 amide bonds. The SMILES string of the molecule is N#Cc1ccc2[nH]c(C3=Cc4nc3c(-c3ccccc3)c3ccc([n-]3)c(-c3ccccc3)c3nc(c(-c5ccccc5)c5ccc([n-]5)c4-c4ccccc4)C=C3)nc2c1.[Ni+2]. The first-order chi connectivity index (χ1) is 29.2. The summed E-state index contributed by atoms with van der Waals surface area (Å²) in [5.41, 5.74) is 16.6. The average Bonchev–Trinajstić information content (AvgIpc) is 4.15. The molecule has 7 nitrogen and oxygen atoms in total. The van der Waals surface area contributed by atoms with E-state index in [-0.39, 0.29) is 16.5 Å². The van der Waals surface area contributed by atoms with Gasteiger partial charge < -0.3 is 15.0 Å². The Labute approximate surface area is 355 Å². The van der Waals surface area contributed by atoms with Gasteiger partial charge in [-0.3, -0.25) is 0 Å². The Bertz CT molecular complexity index is 3370. The summed E-state index contributed by atoms with van der Waals surface area (Å²) in [6.45, 7) is 0. The molecule has 8 heteroatoms. The third-order valence-electron chi connectivity index (χ3n) is 10.8. The molecule has 0 unspecified atom stereocenters. The molecule has 8 bridgehead atoms. The van der Waals surface area contributed by atoms with Gasteiger partial charge in [0.05, 0.1) is 45.4 Å². The molecule has 60 heavy (non-hydrogen) atoms. The fourth-order valence-electron chi connectivity index (χ4n) is 8.15. The maximum Gasteiger partial charge on any atom is 2.00 e. The van der Waals surface area contributed by atoms with Crippen LogP contribution in [0.15, 0.2) is 164 Å². The zero-order valence-electron chi connectivity index (χ0n) is 31.8. The number of aromatic nitrogens is 6. The topological polar surface area (TPSA) is 106 Å². The number of benzene rings is 5. The third kappa shape index (κ3) is 6.35. The number of nitrogens with one attached hydrogen (secondary N) is 1. The standard InChI is InChI=1S/C52H31N7.Ni/c53-31-32-21-22-38-45(29-32)59-52(58-38)37-30-46-49(35-17-9-3-10-18-35)43-26-25-41(55-43)47(33-13-5-1-6-14-33)39-23-24-40(54-39)48(34-15-7-2-8-16-34)42-27-28-44(56-42)50(51(37)57-46)36-19-11-4-12-20-36;/h1-30H,(H,58,59);/q-2;+2. The number of H-pyrrole nitrogens is 1. The number of hydrogen-bond donors (Lipinski definition) is 1. The number of fused-ring (bicyclic) bond motifs is 9. The molecule has 0 fully saturated rings. The Morgan fingerprint density at radius 3 is 1.40 bits per heavy atom. The largest absolute Gasteiger partial charge is 2.00 e. The van der Waals surface area contributed by atoms with Gasteiger partial charge in [0.1, 0.15) is 5.82 Å². The van der Waals surface area contributed by atoms with Gasteiger partial charge in [-0.05, 0) is 80.9 Å². The molecule has 0 radical (unpaired) electrons. The van der Waals surface area contributed by atoms with E-state index in [9.17, 15) is 5.26 Å². The van der Waals surface area contributed by atoms with E-state index >= 15 is 0 Å². The van der Waals surface area contributed by atoms with Crippen molar-refractivity contribution in [3.63, 3.8) is 0 Å². The first-order valence-electron chi connectivity index (χ1n) is 19.4. The molecule has 0 saturated heterocycles. The van der Waals surface area contributed by atoms with E-state index in [2.05, 4.69) is 102 Å². The van der Waals surface area contributed by atoms with E-state index in [1.54, 1.807) is 6.07 Å². The maximum absolute atomic E-state index is 9.71. The van der Waals surface area contributed by atoms with Crippen LogP contribution in [0.4, 0.5) is 0 Å². The molecule has 11 rings (SSSR count). The van der Waals surface area contributed by atoms with Gasteiger partial charge in [0.2, 0.25) is 0 Å². The van der Waals surface area contributed by atoms with Gasteiger partial charge in [0.15, 0.2) is 0 Å². The molecule has 4 aromatic heterocycles. The second-order valence-electron chi connectivity index (χ2n) is 14.4. The van der Waals surface area contributed by atoms with Crippen LogP contribution in [0.5, 0.6) is 0 Å². The fourth-order valence-corrected chi connectivity index (χ4v) is 8.15. The first-order valence-corrected chi connectivity index (χ1v) is 19.4. The summed E-state index contributed by atoms with van der Waals surface area (Å²) in [7, 11) is 0. The Morgan fingerprint density at radius 2 is 0.917 bits per heavy atom. The Morgan fingerprint density at radius 1 is 0.467 bits per heavy atom. The van der Waals surface area contributed by atoms with Crippen LogP contribution in [0.3, 0.4) is 0 Å². The summed E-state index contributed by atoms with van der Waals surface area (Å²) in [5.74, 6) is 0.634. The normalized spacial score (nSPS) is 11.9. The molecule has 2 aliphatic heterocycles. The van der Waals surface area contributed by atoms with Crippen molar-refractivity contribution in [2.24, 2.45) is 0 Å². The van der Waals surface area contributed by atoms with Crippen LogP contribution < -0.4 is 9.97 Å². The van der Waals surface area contributed by atoms with Crippen LogP contribution in [0, 0.1) is 11.3 Å². The number of nitrogens with zero attached hydrogens (tertiary/aromatic N) is 6. The van der Waals surface area contributed by atoms with Gasteiger partial charge in [-0.2, -0.15) is 5.26 Å². The van der Waals surface area contributed by atoms with Gasteiger partial charge in [-0.15, -0.1) is 22.1 Å². The van der Waals surface area contributed by atoms with Gasteiger partial charge in [-0.1, -0.05) is 146 Å². The van der Waals surface area contributed by atoms with Crippen molar-refractivity contribution >= 4 is 56.9 Å². The molecule has 5 aromatic carbocycles. The molecule has 2 aliphatic rings. The number of hydrogen-bond acceptors (Lipinski definition) is 4. The van der Waals surface area contributed by atoms with Crippen molar-refractivity contribution < 1.29 is 16.5 Å². The predicted molar refractivity (Wildman–Crippen MR) is 237 cm³/mol. The van der Waals surface area contributed by atoms with E-state index in [1.807, 2.05) is 84.9 Å². The summed E-state index contributed by atoms with van der Waals surface area (Å²) in [6, 6.07) is 57.3. The minimum absolute atomic E-state index is 0. The van der Waals surface area contributed by atoms with Gasteiger partial charge in [0, 0.05) is 5.57 Å². The Hall–Kier alpha value is -7.85.